The Hall–Kier alpha value is -0.960. The van der Waals surface area contributed by atoms with E-state index in [4.69, 9.17) is 4.74 Å². The van der Waals surface area contributed by atoms with E-state index in [0.29, 0.717) is 11.5 Å². The Morgan fingerprint density at radius 2 is 2.00 bits per heavy atom. The van der Waals surface area contributed by atoms with E-state index in [-0.39, 0.29) is 6.61 Å². The maximum Gasteiger partial charge on any atom is 0.239 e. The van der Waals surface area contributed by atoms with E-state index < -0.39 is 0 Å². The van der Waals surface area contributed by atoms with Crippen LogP contribution in [-0.2, 0) is 10.5 Å². The van der Waals surface area contributed by atoms with Gasteiger partial charge in [0.25, 0.3) is 0 Å². The topological polar surface area (TPSA) is 26.3 Å². The maximum absolute atomic E-state index is 9.84. The smallest absolute Gasteiger partial charge is 0.239 e. The van der Waals surface area contributed by atoms with E-state index in [0.717, 1.165) is 5.56 Å². The minimum atomic E-state index is -0.0137. The van der Waals surface area contributed by atoms with Crippen molar-refractivity contribution >= 4 is 18.9 Å². The van der Waals surface area contributed by atoms with Gasteiger partial charge in [-0.1, -0.05) is 12.1 Å². The Labute approximate surface area is 77.0 Å². The monoisotopic (exact) mass is 181 g/mol. The van der Waals surface area contributed by atoms with Crippen LogP contribution in [0.25, 0.3) is 0 Å². The molecule has 1 radical (unpaired) electrons. The molecule has 0 heterocycles. The van der Waals surface area contributed by atoms with Gasteiger partial charge in [0.1, 0.15) is 5.75 Å². The maximum atomic E-state index is 9.84. The number of carbonyl (C=O) groups excluding carboxylic acids is 1. The van der Waals surface area contributed by atoms with Crippen LogP contribution in [0.15, 0.2) is 24.3 Å². The molecule has 12 heavy (non-hydrogen) atoms. The van der Waals surface area contributed by atoms with Crippen molar-refractivity contribution in [3.05, 3.63) is 29.8 Å². The molecule has 1 aromatic carbocycles. The van der Waals surface area contributed by atoms with Crippen LogP contribution in [0, 0.1) is 0 Å². The first-order chi connectivity index (χ1) is 5.86. The fourth-order valence-corrected chi connectivity index (χ4v) is 1.01. The molecule has 0 aliphatic rings. The summed E-state index contributed by atoms with van der Waals surface area (Å²) in [5, 5.41) is 0. The van der Waals surface area contributed by atoms with Gasteiger partial charge in [0.2, 0.25) is 6.29 Å². The van der Waals surface area contributed by atoms with Gasteiger partial charge in [-0.05, 0) is 17.7 Å². The highest BCUT2D eigenvalue weighted by molar-refractivity contribution is 7.79. The fraction of sp³-hybridized carbons (Fsp3) is 0.222. The SMILES string of the molecule is O=[C]COc1ccc(CS)cc1. The van der Waals surface area contributed by atoms with Crippen LogP contribution in [0.4, 0.5) is 0 Å². The van der Waals surface area contributed by atoms with Crippen LogP contribution >= 0.6 is 12.6 Å². The van der Waals surface area contributed by atoms with Crippen molar-refractivity contribution in [1.82, 2.24) is 0 Å². The molecule has 1 aromatic rings. The van der Waals surface area contributed by atoms with E-state index in [1.54, 1.807) is 6.29 Å². The highest BCUT2D eigenvalue weighted by Gasteiger charge is 1.92. The fourth-order valence-electron chi connectivity index (χ4n) is 0.804. The summed E-state index contributed by atoms with van der Waals surface area (Å²) in [5.74, 6) is 1.39. The molecule has 0 aliphatic heterocycles. The third-order valence-corrected chi connectivity index (χ3v) is 1.77. The molecule has 1 rings (SSSR count). The predicted octanol–water partition coefficient (Wildman–Crippen LogP) is 1.60. The molecule has 0 aromatic heterocycles. The van der Waals surface area contributed by atoms with E-state index in [1.807, 2.05) is 24.3 Å². The van der Waals surface area contributed by atoms with Gasteiger partial charge < -0.3 is 4.74 Å². The van der Waals surface area contributed by atoms with Crippen LogP contribution in [0.2, 0.25) is 0 Å². The van der Waals surface area contributed by atoms with Crippen molar-refractivity contribution < 1.29 is 9.53 Å². The zero-order valence-electron chi connectivity index (χ0n) is 6.49. The van der Waals surface area contributed by atoms with Gasteiger partial charge in [-0.25, -0.2) is 0 Å². The number of hydrogen-bond acceptors (Lipinski definition) is 3. The Bertz CT molecular complexity index is 243. The highest BCUT2D eigenvalue weighted by Crippen LogP contribution is 2.12. The molecule has 0 aliphatic carbocycles. The molecule has 0 atom stereocenters. The van der Waals surface area contributed by atoms with Crippen molar-refractivity contribution in [1.29, 1.82) is 0 Å². The highest BCUT2D eigenvalue weighted by atomic mass is 32.1. The minimum Gasteiger partial charge on any atom is -0.485 e. The quantitative estimate of drug-likeness (QED) is 0.714. The number of hydrogen-bond donors (Lipinski definition) is 1. The summed E-state index contributed by atoms with van der Waals surface area (Å²) < 4.78 is 5.01. The zero-order chi connectivity index (χ0) is 8.81. The molecule has 3 heteroatoms. The molecular weight excluding hydrogens is 172 g/mol. The normalized spacial score (nSPS) is 9.42. The molecular formula is C9H9O2S. The molecule has 0 unspecified atom stereocenters. The van der Waals surface area contributed by atoms with Gasteiger partial charge in [-0.15, -0.1) is 0 Å². The van der Waals surface area contributed by atoms with Gasteiger partial charge in [0, 0.05) is 5.75 Å². The summed E-state index contributed by atoms with van der Waals surface area (Å²) in [6, 6.07) is 7.44. The first-order valence-corrected chi connectivity index (χ1v) is 4.17. The van der Waals surface area contributed by atoms with Crippen molar-refractivity contribution in [2.24, 2.45) is 0 Å². The molecule has 0 saturated carbocycles. The third-order valence-electron chi connectivity index (χ3n) is 1.40. The summed E-state index contributed by atoms with van der Waals surface area (Å²) in [5.41, 5.74) is 1.13. The Balaban J connectivity index is 2.58. The Morgan fingerprint density at radius 3 is 2.50 bits per heavy atom. The molecule has 63 valence electrons. The van der Waals surface area contributed by atoms with Crippen molar-refractivity contribution in [2.45, 2.75) is 5.75 Å². The van der Waals surface area contributed by atoms with Crippen molar-refractivity contribution in [3.8, 4) is 5.75 Å². The second-order valence-electron chi connectivity index (χ2n) is 2.24. The number of benzene rings is 1. The zero-order valence-corrected chi connectivity index (χ0v) is 7.38. The molecule has 0 N–H and O–H groups in total. The van der Waals surface area contributed by atoms with E-state index in [2.05, 4.69) is 12.6 Å². The second-order valence-corrected chi connectivity index (χ2v) is 2.55. The largest absolute Gasteiger partial charge is 0.485 e. The lowest BCUT2D eigenvalue weighted by atomic mass is 10.2. The summed E-state index contributed by atoms with van der Waals surface area (Å²) >= 11 is 4.11. The molecule has 0 fully saturated rings. The van der Waals surface area contributed by atoms with Crippen LogP contribution < -0.4 is 4.74 Å². The predicted molar refractivity (Wildman–Crippen MR) is 50.3 cm³/mol. The third kappa shape index (κ3) is 2.58. The summed E-state index contributed by atoms with van der Waals surface area (Å²) in [4.78, 5) is 9.84. The Morgan fingerprint density at radius 1 is 1.33 bits per heavy atom. The first-order valence-electron chi connectivity index (χ1n) is 3.54. The number of ether oxygens (including phenoxy) is 1. The summed E-state index contributed by atoms with van der Waals surface area (Å²) in [6.45, 7) is -0.0137. The second kappa shape index (κ2) is 4.83. The molecule has 0 saturated heterocycles. The lowest BCUT2D eigenvalue weighted by Gasteiger charge is -2.01. The van der Waals surface area contributed by atoms with Crippen LogP contribution in [-0.4, -0.2) is 12.9 Å². The van der Waals surface area contributed by atoms with Crippen LogP contribution in [0.1, 0.15) is 5.56 Å². The van der Waals surface area contributed by atoms with Gasteiger partial charge in [-0.2, -0.15) is 12.6 Å². The lowest BCUT2D eigenvalue weighted by Crippen LogP contribution is -1.97. The Kier molecular flexibility index (Phi) is 3.67. The lowest BCUT2D eigenvalue weighted by molar-refractivity contribution is 0.365. The van der Waals surface area contributed by atoms with Gasteiger partial charge in [0.05, 0.1) is 0 Å². The number of rotatable bonds is 4. The number of thiol groups is 1. The van der Waals surface area contributed by atoms with Gasteiger partial charge in [-0.3, -0.25) is 4.79 Å². The van der Waals surface area contributed by atoms with Gasteiger partial charge >= 0.3 is 0 Å². The van der Waals surface area contributed by atoms with Crippen molar-refractivity contribution in [3.63, 3.8) is 0 Å². The molecule has 0 spiro atoms. The van der Waals surface area contributed by atoms with E-state index in [1.165, 1.54) is 0 Å². The van der Waals surface area contributed by atoms with Gasteiger partial charge in [0.15, 0.2) is 6.61 Å². The summed E-state index contributed by atoms with van der Waals surface area (Å²) in [7, 11) is 0. The van der Waals surface area contributed by atoms with E-state index >= 15 is 0 Å². The molecule has 2 nitrogen and oxygen atoms in total. The molecule has 0 bridgehead atoms. The standard InChI is InChI=1S/C9H9O2S/c10-5-6-11-9-3-1-8(7-12)2-4-9/h1-4,12H,6-7H2. The van der Waals surface area contributed by atoms with Crippen molar-refractivity contribution in [2.75, 3.05) is 6.61 Å². The minimum absolute atomic E-state index is 0.0137. The average molecular weight is 181 g/mol. The average Bonchev–Trinajstić information content (AvgIpc) is 2.15. The van der Waals surface area contributed by atoms with Crippen LogP contribution in [0.3, 0.4) is 0 Å². The van der Waals surface area contributed by atoms with Crippen LogP contribution in [0.5, 0.6) is 5.75 Å². The molecule has 0 amide bonds. The summed E-state index contributed by atoms with van der Waals surface area (Å²) in [6.07, 6.45) is 1.66. The first kappa shape index (κ1) is 9.13. The van der Waals surface area contributed by atoms with E-state index in [9.17, 15) is 4.79 Å².